The lowest BCUT2D eigenvalue weighted by molar-refractivity contribution is 0.569. The van der Waals surface area contributed by atoms with Crippen LogP contribution < -0.4 is 4.90 Å². The molecule has 1 unspecified atom stereocenters. The third kappa shape index (κ3) is 2.47. The summed E-state index contributed by atoms with van der Waals surface area (Å²) in [5, 5.41) is 0. The van der Waals surface area contributed by atoms with Crippen molar-refractivity contribution in [1.29, 1.82) is 0 Å². The summed E-state index contributed by atoms with van der Waals surface area (Å²) in [6.07, 6.45) is 0. The van der Waals surface area contributed by atoms with Gasteiger partial charge in [0.25, 0.3) is 0 Å². The maximum absolute atomic E-state index is 13.7. The van der Waals surface area contributed by atoms with Crippen LogP contribution in [0.15, 0.2) is 42.5 Å². The normalized spacial score (nSPS) is 12.2. The lowest BCUT2D eigenvalue weighted by Gasteiger charge is -2.26. The molecule has 1 aromatic heterocycles. The Bertz CT molecular complexity index is 543. The molecule has 0 saturated heterocycles. The summed E-state index contributed by atoms with van der Waals surface area (Å²) in [4.78, 5) is 5.52. The van der Waals surface area contributed by atoms with Crippen LogP contribution in [0.1, 0.15) is 18.5 Å². The fourth-order valence-electron chi connectivity index (χ4n) is 1.81. The first-order valence-electron chi connectivity index (χ1n) is 5.69. The maximum Gasteiger partial charge on any atom is 0.214 e. The highest BCUT2D eigenvalue weighted by atomic mass is 19.1. The number of nitrogens with zero attached hydrogens (tertiary/aromatic N) is 2. The molecular formula is C14H14F2N2. The van der Waals surface area contributed by atoms with Crippen molar-refractivity contribution in [3.8, 4) is 0 Å². The second kappa shape index (κ2) is 5.12. The number of hydrogen-bond donors (Lipinski definition) is 0. The van der Waals surface area contributed by atoms with E-state index in [1.807, 2.05) is 6.92 Å². The fourth-order valence-corrected chi connectivity index (χ4v) is 1.81. The zero-order valence-corrected chi connectivity index (χ0v) is 10.3. The van der Waals surface area contributed by atoms with Crippen LogP contribution in [0, 0.1) is 11.8 Å². The highest BCUT2D eigenvalue weighted by molar-refractivity contribution is 5.41. The maximum atomic E-state index is 13.7. The van der Waals surface area contributed by atoms with Crippen molar-refractivity contribution in [1.82, 2.24) is 4.98 Å². The Morgan fingerprint density at radius 3 is 2.44 bits per heavy atom. The number of rotatable bonds is 3. The van der Waals surface area contributed by atoms with E-state index < -0.39 is 5.95 Å². The van der Waals surface area contributed by atoms with Gasteiger partial charge in [-0.15, -0.1) is 0 Å². The summed E-state index contributed by atoms with van der Waals surface area (Å²) >= 11 is 0. The van der Waals surface area contributed by atoms with Gasteiger partial charge in [0.2, 0.25) is 5.95 Å². The number of pyridine rings is 1. The van der Waals surface area contributed by atoms with Crippen molar-refractivity contribution < 1.29 is 8.78 Å². The number of hydrogen-bond acceptors (Lipinski definition) is 2. The lowest BCUT2D eigenvalue weighted by atomic mass is 10.1. The Morgan fingerprint density at radius 2 is 1.78 bits per heavy atom. The SMILES string of the molecule is CC(c1ccccc1F)N(C)c1cccc(F)n1. The van der Waals surface area contributed by atoms with Crippen LogP contribution in [-0.4, -0.2) is 12.0 Å². The van der Waals surface area contributed by atoms with Crippen LogP contribution in [0.25, 0.3) is 0 Å². The molecule has 0 bridgehead atoms. The highest BCUT2D eigenvalue weighted by Crippen LogP contribution is 2.25. The van der Waals surface area contributed by atoms with Gasteiger partial charge in [-0.3, -0.25) is 0 Å². The lowest BCUT2D eigenvalue weighted by Crippen LogP contribution is -2.23. The third-order valence-electron chi connectivity index (χ3n) is 3.00. The monoisotopic (exact) mass is 248 g/mol. The Morgan fingerprint density at radius 1 is 1.06 bits per heavy atom. The molecule has 1 aromatic carbocycles. The minimum Gasteiger partial charge on any atom is -0.353 e. The average molecular weight is 248 g/mol. The molecule has 0 N–H and O–H groups in total. The molecule has 94 valence electrons. The van der Waals surface area contributed by atoms with Crippen LogP contribution in [0.3, 0.4) is 0 Å². The van der Waals surface area contributed by atoms with Gasteiger partial charge in [-0.05, 0) is 25.1 Å². The molecule has 2 nitrogen and oxygen atoms in total. The Kier molecular flexibility index (Phi) is 3.55. The van der Waals surface area contributed by atoms with Gasteiger partial charge in [-0.25, -0.2) is 9.37 Å². The van der Waals surface area contributed by atoms with Gasteiger partial charge in [-0.1, -0.05) is 24.3 Å². The van der Waals surface area contributed by atoms with E-state index in [9.17, 15) is 8.78 Å². The zero-order valence-electron chi connectivity index (χ0n) is 10.3. The predicted molar refractivity (Wildman–Crippen MR) is 67.4 cm³/mol. The molecule has 4 heteroatoms. The minimum absolute atomic E-state index is 0.222. The number of anilines is 1. The number of benzene rings is 1. The van der Waals surface area contributed by atoms with E-state index in [-0.39, 0.29) is 11.9 Å². The molecule has 0 radical (unpaired) electrons. The van der Waals surface area contributed by atoms with Crippen LogP contribution >= 0.6 is 0 Å². The molecule has 0 saturated carbocycles. The molecule has 1 heterocycles. The van der Waals surface area contributed by atoms with E-state index >= 15 is 0 Å². The van der Waals surface area contributed by atoms with E-state index in [0.717, 1.165) is 0 Å². The van der Waals surface area contributed by atoms with Crippen molar-refractivity contribution in [3.63, 3.8) is 0 Å². The molecule has 0 amide bonds. The van der Waals surface area contributed by atoms with E-state index in [2.05, 4.69) is 4.98 Å². The molecular weight excluding hydrogens is 234 g/mol. The highest BCUT2D eigenvalue weighted by Gasteiger charge is 2.16. The quantitative estimate of drug-likeness (QED) is 0.772. The smallest absolute Gasteiger partial charge is 0.214 e. The van der Waals surface area contributed by atoms with Crippen LogP contribution in [0.5, 0.6) is 0 Å². The molecule has 1 atom stereocenters. The Hall–Kier alpha value is -1.97. The van der Waals surface area contributed by atoms with Crippen molar-refractivity contribution in [2.45, 2.75) is 13.0 Å². The first-order chi connectivity index (χ1) is 8.59. The summed E-state index contributed by atoms with van der Waals surface area (Å²) < 4.78 is 26.7. The first-order valence-corrected chi connectivity index (χ1v) is 5.69. The van der Waals surface area contributed by atoms with Crippen molar-refractivity contribution in [3.05, 3.63) is 59.8 Å². The summed E-state index contributed by atoms with van der Waals surface area (Å²) in [7, 11) is 1.76. The van der Waals surface area contributed by atoms with E-state index in [0.29, 0.717) is 11.4 Å². The second-order valence-corrected chi connectivity index (χ2v) is 4.13. The summed E-state index contributed by atoms with van der Waals surface area (Å²) in [6.45, 7) is 1.85. The second-order valence-electron chi connectivity index (χ2n) is 4.13. The standard InChI is InChI=1S/C14H14F2N2/c1-10(11-6-3-4-7-12(11)15)18(2)14-9-5-8-13(16)17-14/h3-10H,1-2H3. The van der Waals surface area contributed by atoms with E-state index in [1.165, 1.54) is 12.1 Å². The average Bonchev–Trinajstić information content (AvgIpc) is 2.37. The molecule has 0 aliphatic rings. The molecule has 0 aliphatic carbocycles. The topological polar surface area (TPSA) is 16.1 Å². The van der Waals surface area contributed by atoms with Gasteiger partial charge < -0.3 is 4.90 Å². The van der Waals surface area contributed by atoms with E-state index in [1.54, 1.807) is 42.3 Å². The summed E-state index contributed by atoms with van der Waals surface area (Å²) in [5.41, 5.74) is 0.561. The number of aromatic nitrogens is 1. The van der Waals surface area contributed by atoms with Crippen LogP contribution in [0.2, 0.25) is 0 Å². The largest absolute Gasteiger partial charge is 0.353 e. The van der Waals surface area contributed by atoms with Crippen LogP contribution in [-0.2, 0) is 0 Å². The van der Waals surface area contributed by atoms with Gasteiger partial charge in [0.1, 0.15) is 11.6 Å². The van der Waals surface area contributed by atoms with Gasteiger partial charge in [0.05, 0.1) is 6.04 Å². The molecule has 0 fully saturated rings. The summed E-state index contributed by atoms with van der Waals surface area (Å²) in [5.74, 6) is -0.334. The number of halogens is 2. The van der Waals surface area contributed by atoms with Gasteiger partial charge in [0, 0.05) is 12.6 Å². The third-order valence-corrected chi connectivity index (χ3v) is 3.00. The summed E-state index contributed by atoms with van der Waals surface area (Å²) in [6, 6.07) is 10.9. The van der Waals surface area contributed by atoms with Gasteiger partial charge in [-0.2, -0.15) is 4.39 Å². The molecule has 2 rings (SSSR count). The van der Waals surface area contributed by atoms with Crippen molar-refractivity contribution in [2.75, 3.05) is 11.9 Å². The minimum atomic E-state index is -0.542. The van der Waals surface area contributed by atoms with E-state index in [4.69, 9.17) is 0 Å². The molecule has 0 aliphatic heterocycles. The Labute approximate surface area is 105 Å². The zero-order chi connectivity index (χ0) is 13.1. The van der Waals surface area contributed by atoms with Crippen LogP contribution in [0.4, 0.5) is 14.6 Å². The first kappa shape index (κ1) is 12.5. The molecule has 18 heavy (non-hydrogen) atoms. The molecule has 0 spiro atoms. The fraction of sp³-hybridized carbons (Fsp3) is 0.214. The Balaban J connectivity index is 2.29. The predicted octanol–water partition coefficient (Wildman–Crippen LogP) is 3.56. The molecule has 2 aromatic rings. The van der Waals surface area contributed by atoms with Gasteiger partial charge >= 0.3 is 0 Å². The van der Waals surface area contributed by atoms with Gasteiger partial charge in [0.15, 0.2) is 0 Å². The van der Waals surface area contributed by atoms with Crippen molar-refractivity contribution >= 4 is 5.82 Å². The van der Waals surface area contributed by atoms with Crippen molar-refractivity contribution in [2.24, 2.45) is 0 Å².